The molecule has 2 rings (SSSR count). The number of halogens is 3. The summed E-state index contributed by atoms with van der Waals surface area (Å²) >= 11 is 0. The van der Waals surface area contributed by atoms with Crippen molar-refractivity contribution in [2.45, 2.75) is 50.2 Å². The van der Waals surface area contributed by atoms with Crippen LogP contribution in [0.5, 0.6) is 0 Å². The van der Waals surface area contributed by atoms with Crippen LogP contribution in [-0.4, -0.2) is 0 Å². The zero-order chi connectivity index (χ0) is 13.2. The van der Waals surface area contributed by atoms with E-state index in [0.717, 1.165) is 44.6 Å². The van der Waals surface area contributed by atoms with Crippen LogP contribution in [0, 0.1) is 0 Å². The van der Waals surface area contributed by atoms with Gasteiger partial charge in [0, 0.05) is 5.54 Å². The molecule has 0 amide bonds. The van der Waals surface area contributed by atoms with Gasteiger partial charge < -0.3 is 5.73 Å². The third-order valence-electron chi connectivity index (χ3n) is 3.76. The monoisotopic (exact) mass is 257 g/mol. The molecule has 0 unspecified atom stereocenters. The molecule has 0 spiro atoms. The summed E-state index contributed by atoms with van der Waals surface area (Å²) in [6.45, 7) is 0. The molecule has 0 radical (unpaired) electrons. The maximum Gasteiger partial charge on any atom is 0.416 e. The molecule has 1 aromatic rings. The van der Waals surface area contributed by atoms with Gasteiger partial charge in [0.05, 0.1) is 5.56 Å². The van der Waals surface area contributed by atoms with Crippen LogP contribution in [0.2, 0.25) is 0 Å². The van der Waals surface area contributed by atoms with E-state index in [9.17, 15) is 13.2 Å². The van der Waals surface area contributed by atoms with Crippen molar-refractivity contribution in [1.29, 1.82) is 0 Å². The van der Waals surface area contributed by atoms with Gasteiger partial charge in [-0.3, -0.25) is 0 Å². The molecular weight excluding hydrogens is 239 g/mol. The number of alkyl halides is 3. The van der Waals surface area contributed by atoms with Crippen molar-refractivity contribution in [3.8, 4) is 0 Å². The molecule has 1 aliphatic rings. The first kappa shape index (κ1) is 13.4. The Hall–Kier alpha value is -1.03. The number of rotatable bonds is 1. The van der Waals surface area contributed by atoms with Gasteiger partial charge in [0.1, 0.15) is 0 Å². The SMILES string of the molecule is NC1(c2cccc(C(F)(F)F)c2)CCCCCC1. The summed E-state index contributed by atoms with van der Waals surface area (Å²) in [6.07, 6.45) is 1.48. The summed E-state index contributed by atoms with van der Waals surface area (Å²) < 4.78 is 38.1. The van der Waals surface area contributed by atoms with Crippen molar-refractivity contribution in [3.05, 3.63) is 35.4 Å². The molecule has 0 bridgehead atoms. The van der Waals surface area contributed by atoms with E-state index in [1.165, 1.54) is 12.1 Å². The number of benzene rings is 1. The van der Waals surface area contributed by atoms with Gasteiger partial charge in [0.2, 0.25) is 0 Å². The Kier molecular flexibility index (Phi) is 3.66. The van der Waals surface area contributed by atoms with Crippen LogP contribution in [0.4, 0.5) is 13.2 Å². The van der Waals surface area contributed by atoms with Crippen molar-refractivity contribution < 1.29 is 13.2 Å². The van der Waals surface area contributed by atoms with Crippen molar-refractivity contribution >= 4 is 0 Å². The summed E-state index contributed by atoms with van der Waals surface area (Å²) in [6, 6.07) is 5.49. The lowest BCUT2D eigenvalue weighted by molar-refractivity contribution is -0.137. The second-order valence-electron chi connectivity index (χ2n) is 5.15. The minimum Gasteiger partial charge on any atom is -0.321 e. The number of hydrogen-bond acceptors (Lipinski definition) is 1. The van der Waals surface area contributed by atoms with Crippen LogP contribution in [0.3, 0.4) is 0 Å². The van der Waals surface area contributed by atoms with E-state index >= 15 is 0 Å². The third kappa shape index (κ3) is 2.86. The second kappa shape index (κ2) is 4.92. The second-order valence-corrected chi connectivity index (χ2v) is 5.15. The minimum atomic E-state index is -4.29. The highest BCUT2D eigenvalue weighted by Crippen LogP contribution is 2.36. The fourth-order valence-electron chi connectivity index (χ4n) is 2.65. The first-order chi connectivity index (χ1) is 8.42. The average molecular weight is 257 g/mol. The molecular formula is C14H18F3N. The van der Waals surface area contributed by atoms with E-state index in [1.54, 1.807) is 6.07 Å². The lowest BCUT2D eigenvalue weighted by Gasteiger charge is -2.29. The fraction of sp³-hybridized carbons (Fsp3) is 0.571. The zero-order valence-corrected chi connectivity index (χ0v) is 10.3. The van der Waals surface area contributed by atoms with Crippen LogP contribution in [0.1, 0.15) is 49.7 Å². The minimum absolute atomic E-state index is 0.586. The van der Waals surface area contributed by atoms with Crippen molar-refractivity contribution in [2.24, 2.45) is 5.73 Å². The zero-order valence-electron chi connectivity index (χ0n) is 10.3. The Morgan fingerprint density at radius 2 is 1.61 bits per heavy atom. The van der Waals surface area contributed by atoms with Crippen molar-refractivity contribution in [1.82, 2.24) is 0 Å². The quantitative estimate of drug-likeness (QED) is 0.749. The lowest BCUT2D eigenvalue weighted by atomic mass is 9.83. The van der Waals surface area contributed by atoms with Crippen LogP contribution in [-0.2, 0) is 11.7 Å². The Bertz CT molecular complexity index is 404. The van der Waals surface area contributed by atoms with E-state index in [1.807, 2.05) is 0 Å². The van der Waals surface area contributed by atoms with E-state index in [-0.39, 0.29) is 0 Å². The van der Waals surface area contributed by atoms with Gasteiger partial charge in [-0.25, -0.2) is 0 Å². The highest BCUT2D eigenvalue weighted by Gasteiger charge is 2.34. The molecule has 2 N–H and O–H groups in total. The molecule has 1 saturated carbocycles. The molecule has 0 atom stereocenters. The largest absolute Gasteiger partial charge is 0.416 e. The first-order valence-electron chi connectivity index (χ1n) is 6.38. The molecule has 0 saturated heterocycles. The molecule has 1 fully saturated rings. The van der Waals surface area contributed by atoms with Crippen LogP contribution >= 0.6 is 0 Å². The Balaban J connectivity index is 2.32. The van der Waals surface area contributed by atoms with Gasteiger partial charge in [-0.05, 0) is 30.5 Å². The number of hydrogen-bond donors (Lipinski definition) is 1. The highest BCUT2D eigenvalue weighted by atomic mass is 19.4. The predicted octanol–water partition coefficient (Wildman–Crippen LogP) is 4.21. The molecule has 0 aliphatic heterocycles. The predicted molar refractivity (Wildman–Crippen MR) is 65.0 cm³/mol. The maximum absolute atomic E-state index is 12.7. The summed E-state index contributed by atoms with van der Waals surface area (Å²) in [5.41, 5.74) is 5.76. The summed E-state index contributed by atoms with van der Waals surface area (Å²) in [5, 5.41) is 0. The van der Waals surface area contributed by atoms with Gasteiger partial charge in [-0.2, -0.15) is 13.2 Å². The molecule has 4 heteroatoms. The highest BCUT2D eigenvalue weighted by molar-refractivity contribution is 5.31. The Labute approximate surface area is 105 Å². The van der Waals surface area contributed by atoms with Gasteiger partial charge in [-0.15, -0.1) is 0 Å². The van der Waals surface area contributed by atoms with E-state index in [4.69, 9.17) is 5.73 Å². The molecule has 1 aromatic carbocycles. The maximum atomic E-state index is 12.7. The van der Waals surface area contributed by atoms with Gasteiger partial charge >= 0.3 is 6.18 Å². The molecule has 0 heterocycles. The topological polar surface area (TPSA) is 26.0 Å². The van der Waals surface area contributed by atoms with Gasteiger partial charge in [-0.1, -0.05) is 37.8 Å². The van der Waals surface area contributed by atoms with Crippen LogP contribution in [0.25, 0.3) is 0 Å². The summed E-state index contributed by atoms with van der Waals surface area (Å²) in [4.78, 5) is 0. The molecule has 0 aromatic heterocycles. The first-order valence-corrected chi connectivity index (χ1v) is 6.38. The smallest absolute Gasteiger partial charge is 0.321 e. The van der Waals surface area contributed by atoms with Crippen LogP contribution in [0.15, 0.2) is 24.3 Å². The van der Waals surface area contributed by atoms with E-state index in [2.05, 4.69) is 0 Å². The standard InChI is InChI=1S/C14H18F3N/c15-14(16,17)12-7-5-6-11(10-12)13(18)8-3-1-2-4-9-13/h5-7,10H,1-4,8-9,18H2. The lowest BCUT2D eigenvalue weighted by Crippen LogP contribution is -2.36. The van der Waals surface area contributed by atoms with Gasteiger partial charge in [0.15, 0.2) is 0 Å². The number of nitrogens with two attached hydrogens (primary N) is 1. The Morgan fingerprint density at radius 3 is 2.17 bits per heavy atom. The summed E-state index contributed by atoms with van der Waals surface area (Å²) in [7, 11) is 0. The fourth-order valence-corrected chi connectivity index (χ4v) is 2.65. The average Bonchev–Trinajstić information content (AvgIpc) is 2.54. The Morgan fingerprint density at radius 1 is 1.00 bits per heavy atom. The summed E-state index contributed by atoms with van der Waals surface area (Å²) in [5.74, 6) is 0. The van der Waals surface area contributed by atoms with Gasteiger partial charge in [0.25, 0.3) is 0 Å². The molecule has 100 valence electrons. The molecule has 18 heavy (non-hydrogen) atoms. The molecule has 1 nitrogen and oxygen atoms in total. The van der Waals surface area contributed by atoms with E-state index < -0.39 is 17.3 Å². The molecule has 1 aliphatic carbocycles. The van der Waals surface area contributed by atoms with Crippen LogP contribution < -0.4 is 5.73 Å². The van der Waals surface area contributed by atoms with Crippen molar-refractivity contribution in [3.63, 3.8) is 0 Å². The van der Waals surface area contributed by atoms with Crippen molar-refractivity contribution in [2.75, 3.05) is 0 Å². The van der Waals surface area contributed by atoms with E-state index in [0.29, 0.717) is 5.56 Å². The normalized spacial score (nSPS) is 20.4. The third-order valence-corrected chi connectivity index (χ3v) is 3.76.